The molecule has 24 heavy (non-hydrogen) atoms. The van der Waals surface area contributed by atoms with Crippen LogP contribution in [0.25, 0.3) is 11.0 Å². The Bertz CT molecular complexity index is 1100. The molecule has 1 aromatic heterocycles. The molecule has 4 rings (SSSR count). The lowest BCUT2D eigenvalue weighted by atomic mass is 10.1. The molecule has 6 heteroatoms. The highest BCUT2D eigenvalue weighted by Gasteiger charge is 2.17. The highest BCUT2D eigenvalue weighted by atomic mass is 32.2. The summed E-state index contributed by atoms with van der Waals surface area (Å²) in [6.07, 6.45) is 3.15. The minimum Gasteiger partial charge on any atom is -0.423 e. The summed E-state index contributed by atoms with van der Waals surface area (Å²) in [5.41, 5.74) is 2.96. The quantitative estimate of drug-likeness (QED) is 0.743. The molecule has 122 valence electrons. The summed E-state index contributed by atoms with van der Waals surface area (Å²) >= 11 is 0. The second-order valence-electron chi connectivity index (χ2n) is 5.90. The minimum atomic E-state index is -3.70. The first kappa shape index (κ1) is 15.0. The number of aryl methyl sites for hydroxylation is 2. The van der Waals surface area contributed by atoms with Gasteiger partial charge in [-0.05, 0) is 66.8 Å². The van der Waals surface area contributed by atoms with Gasteiger partial charge in [-0.15, -0.1) is 0 Å². The van der Waals surface area contributed by atoms with Crippen LogP contribution in [0, 0.1) is 0 Å². The summed E-state index contributed by atoms with van der Waals surface area (Å²) in [6, 6.07) is 12.9. The Balaban J connectivity index is 1.69. The molecule has 1 N–H and O–H groups in total. The molecule has 0 saturated heterocycles. The van der Waals surface area contributed by atoms with Crippen molar-refractivity contribution >= 4 is 26.7 Å². The Morgan fingerprint density at radius 3 is 2.62 bits per heavy atom. The van der Waals surface area contributed by atoms with E-state index in [1.165, 1.54) is 35.4 Å². The fourth-order valence-electron chi connectivity index (χ4n) is 3.07. The van der Waals surface area contributed by atoms with E-state index in [0.29, 0.717) is 16.7 Å². The van der Waals surface area contributed by atoms with E-state index in [2.05, 4.69) is 4.72 Å². The van der Waals surface area contributed by atoms with Gasteiger partial charge >= 0.3 is 5.63 Å². The van der Waals surface area contributed by atoms with Crippen LogP contribution in [0.2, 0.25) is 0 Å². The molecule has 0 unspecified atom stereocenters. The van der Waals surface area contributed by atoms with Crippen LogP contribution in [0.15, 0.2) is 62.6 Å². The Labute approximate surface area is 139 Å². The number of sulfonamides is 1. The molecule has 3 aromatic rings. The number of nitrogens with one attached hydrogen (secondary N) is 1. The average Bonchev–Trinajstić information content (AvgIpc) is 3.01. The maximum Gasteiger partial charge on any atom is 0.336 e. The predicted molar refractivity (Wildman–Crippen MR) is 91.8 cm³/mol. The van der Waals surface area contributed by atoms with Crippen molar-refractivity contribution < 1.29 is 12.8 Å². The van der Waals surface area contributed by atoms with Gasteiger partial charge in [-0.25, -0.2) is 13.2 Å². The SMILES string of the molecule is O=c1ccc2cc(S(=O)(=O)Nc3ccc4c(c3)CCC4)ccc2o1. The first-order valence-corrected chi connectivity index (χ1v) is 9.18. The molecule has 0 saturated carbocycles. The normalized spacial score (nSPS) is 13.8. The van der Waals surface area contributed by atoms with Crippen LogP contribution < -0.4 is 10.3 Å². The van der Waals surface area contributed by atoms with Crippen LogP contribution in [0.3, 0.4) is 0 Å². The van der Waals surface area contributed by atoms with Gasteiger partial charge in [-0.3, -0.25) is 4.72 Å². The van der Waals surface area contributed by atoms with Crippen molar-refractivity contribution in [3.05, 3.63) is 70.1 Å². The molecule has 0 amide bonds. The van der Waals surface area contributed by atoms with Crippen LogP contribution >= 0.6 is 0 Å². The number of hydrogen-bond acceptors (Lipinski definition) is 4. The zero-order chi connectivity index (χ0) is 16.7. The molecule has 5 nitrogen and oxygen atoms in total. The van der Waals surface area contributed by atoms with Gasteiger partial charge in [0.25, 0.3) is 10.0 Å². The average molecular weight is 341 g/mol. The first-order chi connectivity index (χ1) is 11.5. The van der Waals surface area contributed by atoms with E-state index in [4.69, 9.17) is 4.42 Å². The van der Waals surface area contributed by atoms with Gasteiger partial charge in [0, 0.05) is 17.1 Å². The Hall–Kier alpha value is -2.60. The zero-order valence-electron chi connectivity index (χ0n) is 12.8. The lowest BCUT2D eigenvalue weighted by Gasteiger charge is -2.10. The highest BCUT2D eigenvalue weighted by Crippen LogP contribution is 2.26. The highest BCUT2D eigenvalue weighted by molar-refractivity contribution is 7.92. The number of rotatable bonds is 3. The Kier molecular flexibility index (Phi) is 3.42. The third-order valence-corrected chi connectivity index (χ3v) is 5.63. The lowest BCUT2D eigenvalue weighted by Crippen LogP contribution is -2.13. The molecule has 0 atom stereocenters. The molecule has 0 fully saturated rings. The molecular weight excluding hydrogens is 326 g/mol. The smallest absolute Gasteiger partial charge is 0.336 e. The van der Waals surface area contributed by atoms with Crippen molar-refractivity contribution in [2.24, 2.45) is 0 Å². The van der Waals surface area contributed by atoms with Gasteiger partial charge < -0.3 is 4.42 Å². The van der Waals surface area contributed by atoms with Crippen molar-refractivity contribution in [2.75, 3.05) is 4.72 Å². The van der Waals surface area contributed by atoms with E-state index in [0.717, 1.165) is 19.3 Å². The molecule has 1 aliphatic carbocycles. The van der Waals surface area contributed by atoms with Crippen molar-refractivity contribution in [3.8, 4) is 0 Å². The standard InChI is InChI=1S/C18H15NO4S/c20-18-9-5-14-11-16(7-8-17(14)23-18)24(21,22)19-15-6-4-12-2-1-3-13(12)10-15/h4-11,19H,1-3H2. The lowest BCUT2D eigenvalue weighted by molar-refractivity contribution is 0.560. The molecule has 2 aromatic carbocycles. The Morgan fingerprint density at radius 1 is 0.917 bits per heavy atom. The molecule has 0 radical (unpaired) electrons. The molecule has 0 spiro atoms. The second-order valence-corrected chi connectivity index (χ2v) is 7.58. The number of benzene rings is 2. The van der Waals surface area contributed by atoms with Gasteiger partial charge in [-0.2, -0.15) is 0 Å². The van der Waals surface area contributed by atoms with Crippen LogP contribution in [0.1, 0.15) is 17.5 Å². The van der Waals surface area contributed by atoms with Crippen molar-refractivity contribution in [1.29, 1.82) is 0 Å². The first-order valence-electron chi connectivity index (χ1n) is 7.70. The van der Waals surface area contributed by atoms with Crippen molar-refractivity contribution in [1.82, 2.24) is 0 Å². The molecular formula is C18H15NO4S. The zero-order valence-corrected chi connectivity index (χ0v) is 13.6. The van der Waals surface area contributed by atoms with Crippen molar-refractivity contribution in [3.63, 3.8) is 0 Å². The summed E-state index contributed by atoms with van der Waals surface area (Å²) in [4.78, 5) is 11.3. The molecule has 1 aliphatic rings. The Morgan fingerprint density at radius 2 is 1.75 bits per heavy atom. The van der Waals surface area contributed by atoms with Crippen LogP contribution in [-0.4, -0.2) is 8.42 Å². The topological polar surface area (TPSA) is 76.4 Å². The van der Waals surface area contributed by atoms with E-state index in [1.54, 1.807) is 12.1 Å². The molecule has 0 aliphatic heterocycles. The third-order valence-electron chi connectivity index (χ3n) is 4.25. The summed E-state index contributed by atoms with van der Waals surface area (Å²) in [5, 5.41) is 0.562. The largest absolute Gasteiger partial charge is 0.423 e. The van der Waals surface area contributed by atoms with E-state index in [-0.39, 0.29) is 4.90 Å². The fraction of sp³-hybridized carbons (Fsp3) is 0.167. The third kappa shape index (κ3) is 2.69. The van der Waals surface area contributed by atoms with E-state index in [1.807, 2.05) is 12.1 Å². The van der Waals surface area contributed by atoms with Crippen LogP contribution in [-0.2, 0) is 22.9 Å². The second kappa shape index (κ2) is 5.49. The van der Waals surface area contributed by atoms with E-state index >= 15 is 0 Å². The minimum absolute atomic E-state index is 0.129. The maximum atomic E-state index is 12.6. The van der Waals surface area contributed by atoms with Crippen LogP contribution in [0.5, 0.6) is 0 Å². The van der Waals surface area contributed by atoms with Crippen molar-refractivity contribution in [2.45, 2.75) is 24.2 Å². The number of hydrogen-bond donors (Lipinski definition) is 1. The van der Waals surface area contributed by atoms with E-state index < -0.39 is 15.6 Å². The molecule has 1 heterocycles. The van der Waals surface area contributed by atoms with Gasteiger partial charge in [0.1, 0.15) is 5.58 Å². The fourth-order valence-corrected chi connectivity index (χ4v) is 4.15. The maximum absolute atomic E-state index is 12.6. The van der Waals surface area contributed by atoms with Gasteiger partial charge in [-0.1, -0.05) is 6.07 Å². The summed E-state index contributed by atoms with van der Waals surface area (Å²) < 4.78 is 32.9. The summed E-state index contributed by atoms with van der Waals surface area (Å²) in [6.45, 7) is 0. The summed E-state index contributed by atoms with van der Waals surface area (Å²) in [7, 11) is -3.70. The number of fused-ring (bicyclic) bond motifs is 2. The van der Waals surface area contributed by atoms with E-state index in [9.17, 15) is 13.2 Å². The van der Waals surface area contributed by atoms with Gasteiger partial charge in [0.2, 0.25) is 0 Å². The molecule has 0 bridgehead atoms. The van der Waals surface area contributed by atoms with Gasteiger partial charge in [0.05, 0.1) is 4.90 Å². The van der Waals surface area contributed by atoms with Crippen LogP contribution in [0.4, 0.5) is 5.69 Å². The predicted octanol–water partition coefficient (Wildman–Crippen LogP) is 3.08. The monoisotopic (exact) mass is 341 g/mol. The summed E-state index contributed by atoms with van der Waals surface area (Å²) in [5.74, 6) is 0. The number of anilines is 1. The van der Waals surface area contributed by atoms with Gasteiger partial charge in [0.15, 0.2) is 0 Å².